The maximum Gasteiger partial charge on any atom is 0.321 e. The summed E-state index contributed by atoms with van der Waals surface area (Å²) >= 11 is 0. The Balaban J connectivity index is 1.56. The number of likely N-dealkylation sites (tertiary alicyclic amines) is 1. The predicted molar refractivity (Wildman–Crippen MR) is 100.0 cm³/mol. The van der Waals surface area contributed by atoms with E-state index in [1.807, 2.05) is 29.2 Å². The van der Waals surface area contributed by atoms with Crippen LogP contribution in [-0.4, -0.2) is 55.7 Å². The highest BCUT2D eigenvalue weighted by molar-refractivity contribution is 5.89. The lowest BCUT2D eigenvalue weighted by molar-refractivity contribution is -0.146. The Hall–Kier alpha value is -2.12. The molecule has 0 bridgehead atoms. The van der Waals surface area contributed by atoms with Crippen molar-refractivity contribution in [1.29, 1.82) is 0 Å². The van der Waals surface area contributed by atoms with Crippen LogP contribution in [0.1, 0.15) is 31.2 Å². The van der Waals surface area contributed by atoms with Gasteiger partial charge in [-0.3, -0.25) is 4.79 Å². The fourth-order valence-corrected chi connectivity index (χ4v) is 3.58. The molecule has 3 N–H and O–H groups in total. The van der Waals surface area contributed by atoms with Gasteiger partial charge in [0, 0.05) is 32.4 Å². The largest absolute Gasteiger partial charge is 0.368 e. The van der Waals surface area contributed by atoms with Crippen LogP contribution in [0.15, 0.2) is 24.3 Å². The normalized spacial score (nSPS) is 19.2. The van der Waals surface area contributed by atoms with E-state index in [0.717, 1.165) is 50.3 Å². The molecule has 3 rings (SSSR count). The molecule has 26 heavy (non-hydrogen) atoms. The molecule has 7 heteroatoms. The molecular formula is C19H28N4O3. The van der Waals surface area contributed by atoms with Gasteiger partial charge in [-0.05, 0) is 56.5 Å². The van der Waals surface area contributed by atoms with Crippen molar-refractivity contribution in [2.24, 2.45) is 0 Å². The van der Waals surface area contributed by atoms with Gasteiger partial charge in [0.05, 0.1) is 0 Å². The third-order valence-corrected chi connectivity index (χ3v) is 5.24. The van der Waals surface area contributed by atoms with E-state index in [9.17, 15) is 9.59 Å². The minimum atomic E-state index is -0.743. The van der Waals surface area contributed by atoms with Crippen molar-refractivity contribution in [3.63, 3.8) is 0 Å². The van der Waals surface area contributed by atoms with Gasteiger partial charge in [-0.1, -0.05) is 12.1 Å². The number of nitrogens with zero attached hydrogens (tertiary/aromatic N) is 1. The van der Waals surface area contributed by atoms with Crippen LogP contribution >= 0.6 is 0 Å². The van der Waals surface area contributed by atoms with Crippen LogP contribution in [0.2, 0.25) is 0 Å². The number of piperidine rings is 1. The highest BCUT2D eigenvalue weighted by Crippen LogP contribution is 2.23. The predicted octanol–water partition coefficient (Wildman–Crippen LogP) is 1.70. The fourth-order valence-electron chi connectivity index (χ4n) is 3.58. The van der Waals surface area contributed by atoms with Gasteiger partial charge in [0.1, 0.15) is 5.60 Å². The van der Waals surface area contributed by atoms with Crippen molar-refractivity contribution >= 4 is 17.6 Å². The molecule has 2 fully saturated rings. The van der Waals surface area contributed by atoms with E-state index in [1.54, 1.807) is 7.11 Å². The van der Waals surface area contributed by atoms with Crippen molar-refractivity contribution in [2.75, 3.05) is 38.6 Å². The number of carbonyl (C=O) groups is 2. The Kier molecular flexibility index (Phi) is 6.11. The molecule has 0 saturated carbocycles. The number of benzene rings is 1. The molecule has 1 aromatic carbocycles. The van der Waals surface area contributed by atoms with Crippen molar-refractivity contribution in [3.8, 4) is 0 Å². The number of rotatable bonds is 5. The van der Waals surface area contributed by atoms with Crippen LogP contribution in [0.4, 0.5) is 10.5 Å². The topological polar surface area (TPSA) is 82.7 Å². The number of hydrogen-bond donors (Lipinski definition) is 3. The zero-order chi connectivity index (χ0) is 18.4. The van der Waals surface area contributed by atoms with Crippen LogP contribution in [0.3, 0.4) is 0 Å². The molecule has 0 atom stereocenters. The minimum absolute atomic E-state index is 0.0586. The number of ether oxygens (including phenoxy) is 1. The third kappa shape index (κ3) is 4.34. The van der Waals surface area contributed by atoms with Gasteiger partial charge in [0.15, 0.2) is 0 Å². The molecule has 2 aliphatic rings. The zero-order valence-corrected chi connectivity index (χ0v) is 15.3. The number of anilines is 1. The standard InChI is InChI=1S/C19H28N4O3/c1-26-19(7-9-20-10-8-19)17(24)21-14-15-5-4-6-16(13-15)22-18(25)23-11-2-3-12-23/h4-6,13,20H,2-3,7-12,14H2,1H3,(H,21,24)(H,22,25). The summed E-state index contributed by atoms with van der Waals surface area (Å²) in [4.78, 5) is 26.7. The van der Waals surface area contributed by atoms with Crippen LogP contribution in [-0.2, 0) is 16.1 Å². The Morgan fingerprint density at radius 3 is 2.65 bits per heavy atom. The van der Waals surface area contributed by atoms with E-state index in [-0.39, 0.29) is 11.9 Å². The first-order valence-electron chi connectivity index (χ1n) is 9.32. The summed E-state index contributed by atoms with van der Waals surface area (Å²) in [5.74, 6) is -0.0759. The average Bonchev–Trinajstić information content (AvgIpc) is 3.22. The summed E-state index contributed by atoms with van der Waals surface area (Å²) < 4.78 is 5.55. The van der Waals surface area contributed by atoms with Crippen molar-refractivity contribution in [1.82, 2.24) is 15.5 Å². The van der Waals surface area contributed by atoms with Crippen LogP contribution in [0.5, 0.6) is 0 Å². The van der Waals surface area contributed by atoms with Gasteiger partial charge >= 0.3 is 6.03 Å². The number of hydrogen-bond acceptors (Lipinski definition) is 4. The number of carbonyl (C=O) groups excluding carboxylic acids is 2. The van der Waals surface area contributed by atoms with E-state index in [2.05, 4.69) is 16.0 Å². The second kappa shape index (κ2) is 8.51. The molecule has 7 nitrogen and oxygen atoms in total. The Morgan fingerprint density at radius 1 is 1.23 bits per heavy atom. The van der Waals surface area contributed by atoms with E-state index in [1.165, 1.54) is 0 Å². The van der Waals surface area contributed by atoms with Gasteiger partial charge in [0.25, 0.3) is 5.91 Å². The molecule has 2 heterocycles. The maximum atomic E-state index is 12.6. The lowest BCUT2D eigenvalue weighted by Crippen LogP contribution is -2.53. The highest BCUT2D eigenvalue weighted by atomic mass is 16.5. The second-order valence-electron chi connectivity index (χ2n) is 6.96. The van der Waals surface area contributed by atoms with Crippen molar-refractivity contribution < 1.29 is 14.3 Å². The molecule has 0 radical (unpaired) electrons. The van der Waals surface area contributed by atoms with Gasteiger partial charge < -0.3 is 25.6 Å². The zero-order valence-electron chi connectivity index (χ0n) is 15.3. The number of nitrogens with one attached hydrogen (secondary N) is 3. The first-order valence-corrected chi connectivity index (χ1v) is 9.32. The second-order valence-corrected chi connectivity index (χ2v) is 6.96. The molecule has 0 aromatic heterocycles. The first-order chi connectivity index (χ1) is 12.6. The van der Waals surface area contributed by atoms with Gasteiger partial charge in [0.2, 0.25) is 0 Å². The molecule has 142 valence electrons. The Morgan fingerprint density at radius 2 is 1.96 bits per heavy atom. The van der Waals surface area contributed by atoms with Gasteiger partial charge in [-0.25, -0.2) is 4.79 Å². The van der Waals surface area contributed by atoms with E-state index >= 15 is 0 Å². The van der Waals surface area contributed by atoms with E-state index < -0.39 is 5.60 Å². The van der Waals surface area contributed by atoms with Gasteiger partial charge in [-0.15, -0.1) is 0 Å². The summed E-state index contributed by atoms with van der Waals surface area (Å²) in [7, 11) is 1.60. The summed E-state index contributed by atoms with van der Waals surface area (Å²) in [6, 6.07) is 7.53. The SMILES string of the molecule is COC1(C(=O)NCc2cccc(NC(=O)N3CCCC3)c2)CCNCC1. The molecular weight excluding hydrogens is 332 g/mol. The Labute approximate surface area is 154 Å². The molecule has 2 saturated heterocycles. The van der Waals surface area contributed by atoms with E-state index in [0.29, 0.717) is 19.4 Å². The van der Waals surface area contributed by atoms with Crippen molar-refractivity contribution in [3.05, 3.63) is 29.8 Å². The molecule has 1 aromatic rings. The smallest absolute Gasteiger partial charge is 0.321 e. The average molecular weight is 360 g/mol. The quantitative estimate of drug-likeness (QED) is 0.746. The molecule has 0 unspecified atom stereocenters. The number of urea groups is 1. The third-order valence-electron chi connectivity index (χ3n) is 5.24. The summed E-state index contributed by atoms with van der Waals surface area (Å²) in [5, 5.41) is 9.16. The number of amides is 3. The summed E-state index contributed by atoms with van der Waals surface area (Å²) in [6.45, 7) is 3.59. The Bertz CT molecular complexity index is 637. The molecule has 2 aliphatic heterocycles. The fraction of sp³-hybridized carbons (Fsp3) is 0.579. The number of methoxy groups -OCH3 is 1. The molecule has 0 aliphatic carbocycles. The maximum absolute atomic E-state index is 12.6. The van der Waals surface area contributed by atoms with Crippen molar-refractivity contribution in [2.45, 2.75) is 37.8 Å². The first kappa shape index (κ1) is 18.7. The molecule has 3 amide bonds. The summed E-state index contributed by atoms with van der Waals surface area (Å²) in [5.41, 5.74) is 0.946. The lowest BCUT2D eigenvalue weighted by atomic mass is 9.91. The highest BCUT2D eigenvalue weighted by Gasteiger charge is 2.39. The van der Waals surface area contributed by atoms with Gasteiger partial charge in [-0.2, -0.15) is 0 Å². The van der Waals surface area contributed by atoms with E-state index in [4.69, 9.17) is 4.74 Å². The minimum Gasteiger partial charge on any atom is -0.368 e. The van der Waals surface area contributed by atoms with Crippen LogP contribution in [0.25, 0.3) is 0 Å². The monoisotopic (exact) mass is 360 g/mol. The van der Waals surface area contributed by atoms with Crippen LogP contribution in [0, 0.1) is 0 Å². The summed E-state index contributed by atoms with van der Waals surface area (Å²) in [6.07, 6.45) is 3.47. The molecule has 0 spiro atoms. The van der Waals surface area contributed by atoms with Crippen LogP contribution < -0.4 is 16.0 Å². The lowest BCUT2D eigenvalue weighted by Gasteiger charge is -2.34.